The molecule has 1 heterocycles. The Morgan fingerprint density at radius 2 is 2.33 bits per heavy atom. The highest BCUT2D eigenvalue weighted by atomic mass is 79.9. The van der Waals surface area contributed by atoms with Gasteiger partial charge in [0.05, 0.1) is 17.8 Å². The van der Waals surface area contributed by atoms with Crippen LogP contribution in [0.4, 0.5) is 0 Å². The number of phenolic OH excluding ortho intramolecular Hbond substituents is 1. The molecule has 110 valence electrons. The van der Waals surface area contributed by atoms with Gasteiger partial charge in [0.15, 0.2) is 11.5 Å². The van der Waals surface area contributed by atoms with Crippen molar-refractivity contribution < 1.29 is 14.6 Å². The number of nitrogens with one attached hydrogen (secondary N) is 1. The number of hydrazone groups is 1. The van der Waals surface area contributed by atoms with E-state index in [0.29, 0.717) is 21.5 Å². The highest BCUT2D eigenvalue weighted by Crippen LogP contribution is 2.34. The van der Waals surface area contributed by atoms with E-state index in [1.165, 1.54) is 30.3 Å². The Labute approximate surface area is 129 Å². The molecule has 0 atom stereocenters. The topological polar surface area (TPSA) is 88.7 Å². The highest BCUT2D eigenvalue weighted by Gasteiger charge is 2.09. The van der Waals surface area contributed by atoms with Crippen molar-refractivity contribution in [1.82, 2.24) is 15.2 Å². The number of benzene rings is 1. The average Bonchev–Trinajstić information content (AvgIpc) is 2.84. The molecule has 0 fully saturated rings. The van der Waals surface area contributed by atoms with Crippen molar-refractivity contribution in [1.29, 1.82) is 0 Å². The van der Waals surface area contributed by atoms with Gasteiger partial charge in [-0.2, -0.15) is 10.2 Å². The molecular formula is C13H13BrN4O3. The van der Waals surface area contributed by atoms with Gasteiger partial charge in [-0.25, -0.2) is 5.43 Å². The average molecular weight is 353 g/mol. The van der Waals surface area contributed by atoms with E-state index in [1.54, 1.807) is 19.2 Å². The lowest BCUT2D eigenvalue weighted by Crippen LogP contribution is -2.20. The van der Waals surface area contributed by atoms with Gasteiger partial charge < -0.3 is 9.84 Å². The number of methoxy groups -OCH3 is 1. The summed E-state index contributed by atoms with van der Waals surface area (Å²) < 4.78 is 7.05. The van der Waals surface area contributed by atoms with Crippen LogP contribution in [0.3, 0.4) is 0 Å². The van der Waals surface area contributed by atoms with Gasteiger partial charge in [0, 0.05) is 13.2 Å². The van der Waals surface area contributed by atoms with Crippen LogP contribution in [0.15, 0.2) is 34.0 Å². The number of phenols is 1. The predicted octanol–water partition coefficient (Wildman–Crippen LogP) is 1.66. The second kappa shape index (κ2) is 6.40. The molecule has 0 saturated carbocycles. The van der Waals surface area contributed by atoms with Crippen LogP contribution in [-0.2, 0) is 7.05 Å². The second-order valence-electron chi connectivity index (χ2n) is 4.09. The van der Waals surface area contributed by atoms with Gasteiger partial charge in [0.1, 0.15) is 5.69 Å². The molecule has 0 unspecified atom stereocenters. The number of carbonyl (C=O) groups is 1. The summed E-state index contributed by atoms with van der Waals surface area (Å²) in [6, 6.07) is 4.77. The maximum atomic E-state index is 11.8. The highest BCUT2D eigenvalue weighted by molar-refractivity contribution is 9.10. The van der Waals surface area contributed by atoms with Crippen LogP contribution in [-0.4, -0.2) is 34.1 Å². The molecule has 0 radical (unpaired) electrons. The second-order valence-corrected chi connectivity index (χ2v) is 4.95. The van der Waals surface area contributed by atoms with Crippen LogP contribution in [0.1, 0.15) is 16.1 Å². The van der Waals surface area contributed by atoms with Gasteiger partial charge in [0.2, 0.25) is 0 Å². The molecule has 2 aromatic rings. The van der Waals surface area contributed by atoms with Crippen molar-refractivity contribution in [2.45, 2.75) is 0 Å². The van der Waals surface area contributed by atoms with E-state index in [2.05, 4.69) is 31.6 Å². The van der Waals surface area contributed by atoms with Crippen LogP contribution in [0.5, 0.6) is 11.5 Å². The Bertz CT molecular complexity index is 673. The Balaban J connectivity index is 2.09. The summed E-state index contributed by atoms with van der Waals surface area (Å²) in [5, 5.41) is 17.5. The summed E-state index contributed by atoms with van der Waals surface area (Å²) in [6.07, 6.45) is 2.94. The van der Waals surface area contributed by atoms with E-state index in [4.69, 9.17) is 4.74 Å². The first-order valence-electron chi connectivity index (χ1n) is 5.91. The van der Waals surface area contributed by atoms with Crippen molar-refractivity contribution >= 4 is 28.1 Å². The van der Waals surface area contributed by atoms with Crippen molar-refractivity contribution in [3.05, 3.63) is 40.1 Å². The number of halogens is 1. The number of aromatic nitrogens is 2. The SMILES string of the molecule is COc1c(O)cc(/C=N/NC(=O)c2ccnn2C)cc1Br. The Hall–Kier alpha value is -2.35. The van der Waals surface area contributed by atoms with Crippen molar-refractivity contribution in [2.24, 2.45) is 12.1 Å². The minimum absolute atomic E-state index is 0.0220. The third kappa shape index (κ3) is 3.40. The van der Waals surface area contributed by atoms with Gasteiger partial charge in [0.25, 0.3) is 5.91 Å². The van der Waals surface area contributed by atoms with E-state index < -0.39 is 0 Å². The van der Waals surface area contributed by atoms with Gasteiger partial charge in [-0.3, -0.25) is 9.48 Å². The molecule has 8 heteroatoms. The number of aromatic hydroxyl groups is 1. The standard InChI is InChI=1S/C13H13BrN4O3/c1-18-10(3-4-16-18)13(20)17-15-7-8-5-9(14)12(21-2)11(19)6-8/h3-7,19H,1-2H3,(H,17,20)/b15-7+. The first-order valence-corrected chi connectivity index (χ1v) is 6.70. The number of ether oxygens (including phenoxy) is 1. The minimum atomic E-state index is -0.372. The largest absolute Gasteiger partial charge is 0.504 e. The van der Waals surface area contributed by atoms with Gasteiger partial charge in [-0.15, -0.1) is 0 Å². The fourth-order valence-corrected chi connectivity index (χ4v) is 2.32. The molecule has 7 nitrogen and oxygen atoms in total. The molecule has 1 aromatic heterocycles. The summed E-state index contributed by atoms with van der Waals surface area (Å²) in [4.78, 5) is 11.8. The number of aryl methyl sites for hydroxylation is 1. The quantitative estimate of drug-likeness (QED) is 0.646. The summed E-state index contributed by atoms with van der Waals surface area (Å²) >= 11 is 3.27. The van der Waals surface area contributed by atoms with E-state index >= 15 is 0 Å². The lowest BCUT2D eigenvalue weighted by molar-refractivity contribution is 0.0945. The molecule has 0 bridgehead atoms. The Morgan fingerprint density at radius 3 is 2.90 bits per heavy atom. The zero-order valence-electron chi connectivity index (χ0n) is 11.4. The summed E-state index contributed by atoms with van der Waals surface area (Å²) in [6.45, 7) is 0. The maximum Gasteiger partial charge on any atom is 0.289 e. The van der Waals surface area contributed by atoms with Gasteiger partial charge in [-0.05, 0) is 39.7 Å². The lowest BCUT2D eigenvalue weighted by atomic mass is 10.2. The number of hydrogen-bond acceptors (Lipinski definition) is 5. The van der Waals surface area contributed by atoms with Gasteiger partial charge >= 0.3 is 0 Å². The molecule has 2 N–H and O–H groups in total. The van der Waals surface area contributed by atoms with Crippen LogP contribution in [0.25, 0.3) is 0 Å². The first kappa shape index (κ1) is 15.0. The monoisotopic (exact) mass is 352 g/mol. The molecule has 0 aliphatic heterocycles. The molecule has 0 spiro atoms. The fourth-order valence-electron chi connectivity index (χ4n) is 1.70. The predicted molar refractivity (Wildman–Crippen MR) is 80.6 cm³/mol. The van der Waals surface area contributed by atoms with Crippen molar-refractivity contribution in [3.63, 3.8) is 0 Å². The molecule has 1 aromatic carbocycles. The van der Waals surface area contributed by atoms with Crippen LogP contribution >= 0.6 is 15.9 Å². The molecular weight excluding hydrogens is 340 g/mol. The van der Waals surface area contributed by atoms with E-state index in [-0.39, 0.29) is 11.7 Å². The van der Waals surface area contributed by atoms with E-state index in [1.807, 2.05) is 0 Å². The number of amides is 1. The molecule has 0 aliphatic rings. The molecule has 21 heavy (non-hydrogen) atoms. The fraction of sp³-hybridized carbons (Fsp3) is 0.154. The Morgan fingerprint density at radius 1 is 1.57 bits per heavy atom. The molecule has 0 saturated heterocycles. The van der Waals surface area contributed by atoms with Gasteiger partial charge in [-0.1, -0.05) is 0 Å². The number of nitrogens with zero attached hydrogens (tertiary/aromatic N) is 3. The number of hydrogen-bond donors (Lipinski definition) is 2. The normalized spacial score (nSPS) is 10.8. The number of carbonyl (C=O) groups excluding carboxylic acids is 1. The summed E-state index contributed by atoms with van der Waals surface area (Å²) in [5.74, 6) is -0.0552. The lowest BCUT2D eigenvalue weighted by Gasteiger charge is -2.06. The Kier molecular flexibility index (Phi) is 4.59. The van der Waals surface area contributed by atoms with E-state index in [9.17, 15) is 9.90 Å². The zero-order chi connectivity index (χ0) is 15.4. The van der Waals surface area contributed by atoms with Crippen LogP contribution in [0, 0.1) is 0 Å². The molecule has 2 rings (SSSR count). The van der Waals surface area contributed by atoms with Crippen LogP contribution < -0.4 is 10.2 Å². The third-order valence-electron chi connectivity index (χ3n) is 2.68. The minimum Gasteiger partial charge on any atom is -0.504 e. The maximum absolute atomic E-state index is 11.8. The number of rotatable bonds is 4. The first-order chi connectivity index (χ1) is 10.0. The van der Waals surface area contributed by atoms with E-state index in [0.717, 1.165) is 0 Å². The molecule has 1 amide bonds. The summed E-state index contributed by atoms with van der Waals surface area (Å²) in [7, 11) is 3.12. The smallest absolute Gasteiger partial charge is 0.289 e. The van der Waals surface area contributed by atoms with Crippen molar-refractivity contribution in [3.8, 4) is 11.5 Å². The zero-order valence-corrected chi connectivity index (χ0v) is 13.0. The summed E-state index contributed by atoms with van der Waals surface area (Å²) in [5.41, 5.74) is 3.38. The van der Waals surface area contributed by atoms with Crippen molar-refractivity contribution in [2.75, 3.05) is 7.11 Å². The van der Waals surface area contributed by atoms with Crippen LogP contribution in [0.2, 0.25) is 0 Å². The molecule has 0 aliphatic carbocycles. The third-order valence-corrected chi connectivity index (χ3v) is 3.27.